The molecule has 0 aromatic carbocycles. The molecule has 116 valence electrons. The number of anilines is 1. The Morgan fingerprint density at radius 2 is 2.05 bits per heavy atom. The average molecular weight is 544 g/mol. The van der Waals surface area contributed by atoms with E-state index in [4.69, 9.17) is 11.6 Å². The standard InChI is InChI=1S/C14H15ClN4O.CH3.U/c1-16-14-11(6-12(15)17-18-14)10-5-9(10)8-3-4-13(20)19(2)7-8;;/h3-4,6-7,9-10H,5H2,1-2H3,(H,16,18);1H3;/q;-1;. The summed E-state index contributed by atoms with van der Waals surface area (Å²) < 4.78 is 1.61. The van der Waals surface area contributed by atoms with Crippen LogP contribution in [0.2, 0.25) is 5.15 Å². The van der Waals surface area contributed by atoms with E-state index in [9.17, 15) is 4.79 Å². The molecule has 5 nitrogen and oxygen atoms in total. The van der Waals surface area contributed by atoms with Crippen molar-refractivity contribution in [2.24, 2.45) is 7.05 Å². The zero-order chi connectivity index (χ0) is 14.3. The van der Waals surface area contributed by atoms with Gasteiger partial charge in [-0.3, -0.25) is 4.79 Å². The number of aromatic nitrogens is 3. The Hall–Kier alpha value is -0.828. The Morgan fingerprint density at radius 3 is 2.68 bits per heavy atom. The Balaban J connectivity index is 0.00000121. The van der Waals surface area contributed by atoms with Crippen LogP contribution < -0.4 is 10.9 Å². The van der Waals surface area contributed by atoms with Gasteiger partial charge in [0.1, 0.15) is 0 Å². The van der Waals surface area contributed by atoms with Gasteiger partial charge in [0, 0.05) is 63.0 Å². The van der Waals surface area contributed by atoms with Crippen molar-refractivity contribution in [1.29, 1.82) is 0 Å². The van der Waals surface area contributed by atoms with Crippen molar-refractivity contribution in [3.63, 3.8) is 0 Å². The Morgan fingerprint density at radius 1 is 1.32 bits per heavy atom. The van der Waals surface area contributed by atoms with E-state index >= 15 is 0 Å². The van der Waals surface area contributed by atoms with Crippen LogP contribution in [-0.2, 0) is 7.05 Å². The zero-order valence-electron chi connectivity index (χ0n) is 12.8. The number of nitrogens with zero attached hydrogens (tertiary/aromatic N) is 3. The number of rotatable bonds is 3. The van der Waals surface area contributed by atoms with E-state index in [2.05, 4.69) is 15.5 Å². The minimum Gasteiger partial charge on any atom is -0.371 e. The van der Waals surface area contributed by atoms with E-state index in [1.165, 1.54) is 5.56 Å². The van der Waals surface area contributed by atoms with Crippen LogP contribution in [0.5, 0.6) is 0 Å². The molecule has 1 aliphatic carbocycles. The second-order valence-electron chi connectivity index (χ2n) is 5.08. The van der Waals surface area contributed by atoms with E-state index in [-0.39, 0.29) is 44.1 Å². The van der Waals surface area contributed by atoms with Gasteiger partial charge in [0.25, 0.3) is 0 Å². The monoisotopic (exact) mass is 543 g/mol. The van der Waals surface area contributed by atoms with Gasteiger partial charge < -0.3 is 17.3 Å². The predicted molar refractivity (Wildman–Crippen MR) is 84.8 cm³/mol. The van der Waals surface area contributed by atoms with Crippen LogP contribution >= 0.6 is 11.6 Å². The van der Waals surface area contributed by atoms with E-state index in [1.807, 2.05) is 25.4 Å². The second kappa shape index (κ2) is 7.63. The molecule has 7 heteroatoms. The van der Waals surface area contributed by atoms with Gasteiger partial charge in [-0.1, -0.05) is 17.7 Å². The summed E-state index contributed by atoms with van der Waals surface area (Å²) in [6.45, 7) is 0. The maximum Gasteiger partial charge on any atom is 0.250 e. The van der Waals surface area contributed by atoms with Crippen molar-refractivity contribution >= 4 is 17.4 Å². The van der Waals surface area contributed by atoms with Crippen LogP contribution in [0.15, 0.2) is 29.2 Å². The molecular formula is C15H18ClN4OU-. The van der Waals surface area contributed by atoms with Gasteiger partial charge in [-0.2, -0.15) is 0 Å². The Kier molecular flexibility index (Phi) is 6.67. The molecule has 2 atom stereocenters. The molecule has 0 radical (unpaired) electrons. The fourth-order valence-corrected chi connectivity index (χ4v) is 2.76. The van der Waals surface area contributed by atoms with Gasteiger partial charge in [0.2, 0.25) is 5.56 Å². The molecule has 1 saturated carbocycles. The molecule has 3 rings (SSSR count). The van der Waals surface area contributed by atoms with Gasteiger partial charge in [-0.05, 0) is 29.9 Å². The molecule has 2 aromatic rings. The molecule has 1 fully saturated rings. The average Bonchev–Trinajstić information content (AvgIpc) is 3.22. The summed E-state index contributed by atoms with van der Waals surface area (Å²) in [6, 6.07) is 5.39. The van der Waals surface area contributed by atoms with Gasteiger partial charge in [-0.25, -0.2) is 0 Å². The van der Waals surface area contributed by atoms with Crippen molar-refractivity contribution in [2.75, 3.05) is 12.4 Å². The van der Waals surface area contributed by atoms with Gasteiger partial charge >= 0.3 is 0 Å². The molecule has 0 amide bonds. The third kappa shape index (κ3) is 3.73. The van der Waals surface area contributed by atoms with Gasteiger partial charge in [0.05, 0.1) is 0 Å². The van der Waals surface area contributed by atoms with Crippen LogP contribution in [0, 0.1) is 38.5 Å². The Labute approximate surface area is 158 Å². The maximum atomic E-state index is 11.4. The van der Waals surface area contributed by atoms with Crippen LogP contribution in [0.1, 0.15) is 29.4 Å². The largest absolute Gasteiger partial charge is 0.371 e. The fourth-order valence-electron chi connectivity index (χ4n) is 2.60. The SMILES string of the molecule is CNc1nnc(Cl)cc1C1CC1c1ccc(=O)n(C)c1.[CH3-].[U]. The summed E-state index contributed by atoms with van der Waals surface area (Å²) in [4.78, 5) is 11.4. The first-order valence-corrected chi connectivity index (χ1v) is 6.85. The molecular weight excluding hydrogens is 526 g/mol. The molecule has 2 aromatic heterocycles. The number of halogens is 1. The second-order valence-corrected chi connectivity index (χ2v) is 5.47. The van der Waals surface area contributed by atoms with Crippen molar-refractivity contribution in [3.8, 4) is 0 Å². The molecule has 1 N–H and O–H groups in total. The topological polar surface area (TPSA) is 59.8 Å². The first-order chi connectivity index (χ1) is 9.60. The number of pyridine rings is 1. The van der Waals surface area contributed by atoms with Crippen LogP contribution in [-0.4, -0.2) is 21.8 Å². The Bertz CT molecular complexity index is 719. The van der Waals surface area contributed by atoms with E-state index in [1.54, 1.807) is 17.7 Å². The fraction of sp³-hybridized carbons (Fsp3) is 0.333. The third-order valence-electron chi connectivity index (χ3n) is 3.76. The summed E-state index contributed by atoms with van der Waals surface area (Å²) >= 11 is 5.94. The molecule has 2 heterocycles. The quantitative estimate of drug-likeness (QED) is 0.605. The molecule has 1 aliphatic rings. The normalized spacial score (nSPS) is 18.9. The summed E-state index contributed by atoms with van der Waals surface area (Å²) in [6.07, 6.45) is 2.94. The number of hydrogen-bond acceptors (Lipinski definition) is 4. The number of nitrogens with one attached hydrogen (secondary N) is 1. The number of aryl methyl sites for hydroxylation is 1. The number of hydrogen-bond donors (Lipinski definition) is 1. The maximum absolute atomic E-state index is 11.4. The summed E-state index contributed by atoms with van der Waals surface area (Å²) in [5.41, 5.74) is 2.27. The smallest absolute Gasteiger partial charge is 0.250 e. The van der Waals surface area contributed by atoms with Gasteiger partial charge in [-0.15, -0.1) is 10.2 Å². The molecule has 2 unspecified atom stereocenters. The summed E-state index contributed by atoms with van der Waals surface area (Å²) in [5.74, 6) is 1.56. The summed E-state index contributed by atoms with van der Waals surface area (Å²) in [7, 11) is 3.60. The van der Waals surface area contributed by atoms with Crippen LogP contribution in [0.4, 0.5) is 5.82 Å². The van der Waals surface area contributed by atoms with Crippen molar-refractivity contribution < 1.29 is 31.1 Å². The minimum atomic E-state index is 0. The van der Waals surface area contributed by atoms with E-state index in [0.29, 0.717) is 17.0 Å². The first kappa shape index (κ1) is 19.2. The predicted octanol–water partition coefficient (Wildman–Crippen LogP) is 2.59. The van der Waals surface area contributed by atoms with Crippen LogP contribution in [0.3, 0.4) is 0 Å². The van der Waals surface area contributed by atoms with Crippen molar-refractivity contribution in [3.05, 3.63) is 58.5 Å². The molecule has 22 heavy (non-hydrogen) atoms. The first-order valence-electron chi connectivity index (χ1n) is 6.47. The van der Waals surface area contributed by atoms with E-state index < -0.39 is 0 Å². The summed E-state index contributed by atoms with van der Waals surface area (Å²) in [5, 5.41) is 11.4. The van der Waals surface area contributed by atoms with E-state index in [0.717, 1.165) is 17.8 Å². The zero-order valence-corrected chi connectivity index (χ0v) is 17.7. The third-order valence-corrected chi connectivity index (χ3v) is 3.94. The molecule has 0 spiro atoms. The molecule has 0 aliphatic heterocycles. The minimum absolute atomic E-state index is 0. The van der Waals surface area contributed by atoms with Crippen LogP contribution in [0.25, 0.3) is 0 Å². The van der Waals surface area contributed by atoms with Crippen molar-refractivity contribution in [1.82, 2.24) is 14.8 Å². The molecule has 0 bridgehead atoms. The van der Waals surface area contributed by atoms with Gasteiger partial charge in [0.15, 0.2) is 11.0 Å². The molecule has 0 saturated heterocycles. The van der Waals surface area contributed by atoms with Crippen molar-refractivity contribution in [2.45, 2.75) is 18.3 Å².